The molecule has 0 radical (unpaired) electrons. The summed E-state index contributed by atoms with van der Waals surface area (Å²) in [4.78, 5) is 0. The van der Waals surface area contributed by atoms with Gasteiger partial charge in [-0.1, -0.05) is 22.3 Å². The smallest absolute Gasteiger partial charge is 0.311 e. The van der Waals surface area contributed by atoms with E-state index < -0.39 is 25.2 Å². The van der Waals surface area contributed by atoms with E-state index in [1.54, 1.807) is 0 Å². The minimum absolute atomic E-state index is 0. The maximum absolute atomic E-state index is 6.12. The maximum Gasteiger partial charge on any atom is 0.311 e. The predicted molar refractivity (Wildman–Crippen MR) is 92.9 cm³/mol. The van der Waals surface area contributed by atoms with Crippen LogP contribution in [0.5, 0.6) is 0 Å². The number of hydrogen-bond acceptors (Lipinski definition) is 4. The van der Waals surface area contributed by atoms with Crippen LogP contribution in [0.4, 0.5) is 0 Å². The predicted octanol–water partition coefficient (Wildman–Crippen LogP) is 3.04. The molecule has 0 aromatic rings. The minimum Gasteiger partial charge on any atom is -0.435 e. The van der Waals surface area contributed by atoms with Gasteiger partial charge in [-0.05, 0) is 39.3 Å². The molecule has 116 valence electrons. The summed E-state index contributed by atoms with van der Waals surface area (Å²) < 4.78 is 12.2. The highest BCUT2D eigenvalue weighted by molar-refractivity contribution is 6.87. The minimum atomic E-state index is -2.05. The first-order chi connectivity index (χ1) is 6.54. The first kappa shape index (κ1) is 26.9. The van der Waals surface area contributed by atoms with E-state index in [1.165, 1.54) is 0 Å². The van der Waals surface area contributed by atoms with Gasteiger partial charge in [0.05, 0.1) is 0 Å². The van der Waals surface area contributed by atoms with Crippen LogP contribution in [0, 0.1) is 0 Å². The molecule has 7 heteroatoms. The lowest BCUT2D eigenvalue weighted by Gasteiger charge is -2.37. The van der Waals surface area contributed by atoms with Crippen molar-refractivity contribution in [3.05, 3.63) is 0 Å². The van der Waals surface area contributed by atoms with Crippen LogP contribution in [0.15, 0.2) is 0 Å². The molecule has 0 aliphatic carbocycles. The molecule has 0 heterocycles. The van der Waals surface area contributed by atoms with Crippen molar-refractivity contribution < 1.29 is 8.23 Å². The van der Waals surface area contributed by atoms with Crippen molar-refractivity contribution in [2.24, 2.45) is 11.5 Å². The lowest BCUT2D eigenvalue weighted by Crippen LogP contribution is -2.56. The van der Waals surface area contributed by atoms with Crippen LogP contribution in [0.25, 0.3) is 0 Å². The maximum atomic E-state index is 6.12. The normalized spacial score (nSPS) is 12.0. The molecular formula is C11H38N2O2Si3. The van der Waals surface area contributed by atoms with Crippen molar-refractivity contribution in [1.82, 2.24) is 0 Å². The molecule has 0 spiro atoms. The molecular weight excluding hydrogens is 276 g/mol. The standard InChI is InChI=1S/C8H26N2O2Si3.3CH4/c1-13(2,7-9)11-15(5,6)12-14(3,4)8-10;;;/h7-10H2,1-6H3;3*1H4. The highest BCUT2D eigenvalue weighted by Gasteiger charge is 2.38. The molecule has 0 unspecified atom stereocenters. The van der Waals surface area contributed by atoms with Gasteiger partial charge in [0.15, 0.2) is 16.6 Å². The van der Waals surface area contributed by atoms with Crippen LogP contribution in [0.1, 0.15) is 22.3 Å². The fourth-order valence-corrected chi connectivity index (χ4v) is 13.3. The number of nitrogens with two attached hydrogens (primary N) is 2. The Kier molecular flexibility index (Phi) is 14.1. The van der Waals surface area contributed by atoms with Gasteiger partial charge in [0.2, 0.25) is 0 Å². The summed E-state index contributed by atoms with van der Waals surface area (Å²) in [5.74, 6) is 0. The summed E-state index contributed by atoms with van der Waals surface area (Å²) in [7, 11) is -5.51. The van der Waals surface area contributed by atoms with Crippen LogP contribution in [0.3, 0.4) is 0 Å². The Morgan fingerprint density at radius 1 is 0.667 bits per heavy atom. The summed E-state index contributed by atoms with van der Waals surface area (Å²) in [5.41, 5.74) is 11.4. The molecule has 18 heavy (non-hydrogen) atoms. The van der Waals surface area contributed by atoms with E-state index in [0.717, 1.165) is 0 Å². The molecule has 0 aliphatic heterocycles. The molecule has 0 rings (SSSR count). The quantitative estimate of drug-likeness (QED) is 0.739. The van der Waals surface area contributed by atoms with E-state index in [4.69, 9.17) is 19.7 Å². The first-order valence-corrected chi connectivity index (χ1v) is 14.4. The summed E-state index contributed by atoms with van der Waals surface area (Å²) in [5, 5.41) is 0. The Balaban J connectivity index is -0.000000327. The van der Waals surface area contributed by atoms with Crippen LogP contribution in [0.2, 0.25) is 39.3 Å². The zero-order chi connectivity index (χ0) is 12.3. The average molecular weight is 315 g/mol. The van der Waals surface area contributed by atoms with Crippen molar-refractivity contribution >= 4 is 25.2 Å². The third-order valence-corrected chi connectivity index (χ3v) is 12.3. The Morgan fingerprint density at radius 2 is 0.889 bits per heavy atom. The summed E-state index contributed by atoms with van der Waals surface area (Å²) in [6.07, 6.45) is 1.27. The Morgan fingerprint density at radius 3 is 1.06 bits per heavy atom. The second-order valence-corrected chi connectivity index (χ2v) is 17.8. The summed E-state index contributed by atoms with van der Waals surface area (Å²) >= 11 is 0. The molecule has 0 bridgehead atoms. The van der Waals surface area contributed by atoms with Gasteiger partial charge < -0.3 is 19.7 Å². The molecule has 0 aromatic heterocycles. The molecule has 0 saturated heterocycles. The molecule has 0 aliphatic rings. The van der Waals surface area contributed by atoms with Gasteiger partial charge in [0.1, 0.15) is 0 Å². The van der Waals surface area contributed by atoms with Gasteiger partial charge in [-0.2, -0.15) is 0 Å². The average Bonchev–Trinajstić information content (AvgIpc) is 2.00. The van der Waals surface area contributed by atoms with Crippen molar-refractivity contribution in [3.63, 3.8) is 0 Å². The second-order valence-electron chi connectivity index (χ2n) is 5.53. The number of hydrogen-bond donors (Lipinski definition) is 2. The van der Waals surface area contributed by atoms with E-state index in [-0.39, 0.29) is 22.3 Å². The van der Waals surface area contributed by atoms with Crippen LogP contribution in [-0.2, 0) is 8.23 Å². The van der Waals surface area contributed by atoms with Crippen LogP contribution < -0.4 is 11.5 Å². The fourth-order valence-electron chi connectivity index (χ4n) is 1.43. The highest BCUT2D eigenvalue weighted by atomic mass is 28.5. The van der Waals surface area contributed by atoms with Crippen molar-refractivity contribution in [2.45, 2.75) is 61.6 Å². The Hall–Kier alpha value is 0.491. The Bertz CT molecular complexity index is 192. The molecule has 0 fully saturated rings. The van der Waals surface area contributed by atoms with E-state index in [9.17, 15) is 0 Å². The Labute approximate surface area is 119 Å². The second kappa shape index (κ2) is 9.40. The molecule has 0 atom stereocenters. The molecule has 0 saturated carbocycles. The van der Waals surface area contributed by atoms with Gasteiger partial charge in [-0.25, -0.2) is 0 Å². The van der Waals surface area contributed by atoms with Crippen molar-refractivity contribution in [2.75, 3.05) is 12.3 Å². The molecule has 4 nitrogen and oxygen atoms in total. The van der Waals surface area contributed by atoms with Gasteiger partial charge in [0, 0.05) is 12.3 Å². The lowest BCUT2D eigenvalue weighted by atomic mass is 11.5. The highest BCUT2D eigenvalue weighted by Crippen LogP contribution is 2.19. The monoisotopic (exact) mass is 314 g/mol. The van der Waals surface area contributed by atoms with Crippen molar-refractivity contribution in [1.29, 1.82) is 0 Å². The van der Waals surface area contributed by atoms with Crippen LogP contribution in [-0.4, -0.2) is 37.5 Å². The van der Waals surface area contributed by atoms with Crippen molar-refractivity contribution in [3.8, 4) is 0 Å². The number of rotatable bonds is 6. The van der Waals surface area contributed by atoms with E-state index in [1.807, 2.05) is 0 Å². The largest absolute Gasteiger partial charge is 0.435 e. The van der Waals surface area contributed by atoms with Gasteiger partial charge in [-0.15, -0.1) is 0 Å². The van der Waals surface area contributed by atoms with Gasteiger partial charge in [-0.3, -0.25) is 0 Å². The first-order valence-electron chi connectivity index (χ1n) is 5.34. The molecule has 0 aromatic carbocycles. The molecule has 0 amide bonds. The topological polar surface area (TPSA) is 70.5 Å². The third-order valence-electron chi connectivity index (χ3n) is 2.03. The van der Waals surface area contributed by atoms with E-state index in [0.29, 0.717) is 12.3 Å². The van der Waals surface area contributed by atoms with E-state index in [2.05, 4.69) is 39.3 Å². The zero-order valence-electron chi connectivity index (χ0n) is 10.9. The van der Waals surface area contributed by atoms with Gasteiger partial charge >= 0.3 is 8.56 Å². The lowest BCUT2D eigenvalue weighted by molar-refractivity contribution is 0.390. The summed E-state index contributed by atoms with van der Waals surface area (Å²) in [6.45, 7) is 12.7. The van der Waals surface area contributed by atoms with Gasteiger partial charge in [0.25, 0.3) is 0 Å². The molecule has 4 N–H and O–H groups in total. The van der Waals surface area contributed by atoms with E-state index >= 15 is 0 Å². The fraction of sp³-hybridized carbons (Fsp3) is 1.00. The SMILES string of the molecule is C.C.C.C[Si](C)(CN)O[Si](C)(C)O[Si](C)(C)CN. The van der Waals surface area contributed by atoms with Crippen LogP contribution >= 0.6 is 0 Å². The zero-order valence-corrected chi connectivity index (χ0v) is 13.9. The summed E-state index contributed by atoms with van der Waals surface area (Å²) in [6, 6.07) is 0. The third kappa shape index (κ3) is 11.6.